The Labute approximate surface area is 166 Å². The summed E-state index contributed by atoms with van der Waals surface area (Å²) in [7, 11) is 1.55. The van der Waals surface area contributed by atoms with Crippen LogP contribution in [-0.2, 0) is 4.79 Å². The second-order valence-electron chi connectivity index (χ2n) is 6.48. The molecule has 0 heterocycles. The maximum atomic E-state index is 12.8. The standard InChI is InChI=1S/C22H28N2O4/c1-5-15(3)23-21(25)16-11-7-8-12-17(16)24-22(26)18(6-2)28-20-14-10-9-13-19(20)27-4/h7-15,18H,5-6H2,1-4H3,(H,23,25)(H,24,26)/t15-,18+/m1/s1. The predicted molar refractivity (Wildman–Crippen MR) is 110 cm³/mol. The molecule has 0 unspecified atom stereocenters. The topological polar surface area (TPSA) is 76.7 Å². The van der Waals surface area contributed by atoms with Crippen LogP contribution >= 0.6 is 0 Å². The number of methoxy groups -OCH3 is 1. The molecule has 0 spiro atoms. The number of carbonyl (C=O) groups excluding carboxylic acids is 2. The summed E-state index contributed by atoms with van der Waals surface area (Å²) >= 11 is 0. The number of para-hydroxylation sites is 3. The predicted octanol–water partition coefficient (Wildman–Crippen LogP) is 4.02. The molecule has 0 aliphatic heterocycles. The average Bonchev–Trinajstić information content (AvgIpc) is 2.72. The van der Waals surface area contributed by atoms with Gasteiger partial charge in [-0.2, -0.15) is 0 Å². The fourth-order valence-corrected chi connectivity index (χ4v) is 2.60. The van der Waals surface area contributed by atoms with Crippen molar-refractivity contribution in [1.29, 1.82) is 0 Å². The highest BCUT2D eigenvalue weighted by Crippen LogP contribution is 2.27. The summed E-state index contributed by atoms with van der Waals surface area (Å²) in [4.78, 5) is 25.3. The van der Waals surface area contributed by atoms with E-state index in [0.29, 0.717) is 29.2 Å². The molecule has 2 atom stereocenters. The van der Waals surface area contributed by atoms with E-state index in [-0.39, 0.29) is 17.9 Å². The van der Waals surface area contributed by atoms with Gasteiger partial charge >= 0.3 is 0 Å². The molecule has 6 heteroatoms. The highest BCUT2D eigenvalue weighted by Gasteiger charge is 2.22. The second-order valence-corrected chi connectivity index (χ2v) is 6.48. The van der Waals surface area contributed by atoms with Crippen LogP contribution in [0.5, 0.6) is 11.5 Å². The van der Waals surface area contributed by atoms with E-state index in [4.69, 9.17) is 9.47 Å². The van der Waals surface area contributed by atoms with Gasteiger partial charge in [0.05, 0.1) is 18.4 Å². The van der Waals surface area contributed by atoms with Crippen molar-refractivity contribution in [2.24, 2.45) is 0 Å². The molecule has 0 saturated heterocycles. The van der Waals surface area contributed by atoms with Crippen molar-refractivity contribution in [2.75, 3.05) is 12.4 Å². The molecule has 150 valence electrons. The van der Waals surface area contributed by atoms with Crippen molar-refractivity contribution in [3.8, 4) is 11.5 Å². The first-order valence-corrected chi connectivity index (χ1v) is 9.50. The lowest BCUT2D eigenvalue weighted by molar-refractivity contribution is -0.122. The minimum atomic E-state index is -0.720. The molecule has 2 N–H and O–H groups in total. The van der Waals surface area contributed by atoms with Crippen LogP contribution in [0.3, 0.4) is 0 Å². The molecule has 0 aliphatic rings. The maximum Gasteiger partial charge on any atom is 0.265 e. The van der Waals surface area contributed by atoms with Crippen LogP contribution in [0.1, 0.15) is 44.0 Å². The Morgan fingerprint density at radius 1 is 0.964 bits per heavy atom. The molecule has 0 fully saturated rings. The van der Waals surface area contributed by atoms with Crippen LogP contribution in [0.25, 0.3) is 0 Å². The molecule has 2 aromatic rings. The molecule has 0 saturated carbocycles. The maximum absolute atomic E-state index is 12.8. The van der Waals surface area contributed by atoms with E-state index in [1.807, 2.05) is 32.9 Å². The lowest BCUT2D eigenvalue weighted by Gasteiger charge is -2.20. The molecule has 6 nitrogen and oxygen atoms in total. The number of benzene rings is 2. The van der Waals surface area contributed by atoms with E-state index in [1.54, 1.807) is 43.5 Å². The molecule has 0 bridgehead atoms. The third kappa shape index (κ3) is 5.49. The van der Waals surface area contributed by atoms with Gasteiger partial charge < -0.3 is 20.1 Å². The molecule has 0 radical (unpaired) electrons. The lowest BCUT2D eigenvalue weighted by atomic mass is 10.1. The van der Waals surface area contributed by atoms with Crippen molar-refractivity contribution in [2.45, 2.75) is 45.8 Å². The van der Waals surface area contributed by atoms with Crippen LogP contribution in [0, 0.1) is 0 Å². The van der Waals surface area contributed by atoms with Gasteiger partial charge in [0.1, 0.15) is 0 Å². The summed E-state index contributed by atoms with van der Waals surface area (Å²) < 4.78 is 11.1. The zero-order valence-corrected chi connectivity index (χ0v) is 16.8. The highest BCUT2D eigenvalue weighted by molar-refractivity contribution is 6.04. The lowest BCUT2D eigenvalue weighted by Crippen LogP contribution is -2.35. The number of nitrogens with one attached hydrogen (secondary N) is 2. The number of hydrogen-bond donors (Lipinski definition) is 2. The third-order valence-corrected chi connectivity index (χ3v) is 4.42. The first-order valence-electron chi connectivity index (χ1n) is 9.50. The normalized spacial score (nSPS) is 12.6. The Morgan fingerprint density at radius 2 is 1.61 bits per heavy atom. The minimum absolute atomic E-state index is 0.0496. The zero-order chi connectivity index (χ0) is 20.5. The van der Waals surface area contributed by atoms with Crippen LogP contribution < -0.4 is 20.1 Å². The van der Waals surface area contributed by atoms with Crippen LogP contribution in [0.4, 0.5) is 5.69 Å². The van der Waals surface area contributed by atoms with E-state index in [9.17, 15) is 9.59 Å². The molecule has 28 heavy (non-hydrogen) atoms. The number of anilines is 1. The van der Waals surface area contributed by atoms with E-state index in [1.165, 1.54) is 0 Å². The molecule has 2 rings (SSSR count). The summed E-state index contributed by atoms with van der Waals surface area (Å²) in [5.74, 6) is 0.512. The van der Waals surface area contributed by atoms with Gasteiger partial charge in [-0.1, -0.05) is 38.1 Å². The van der Waals surface area contributed by atoms with Gasteiger partial charge in [0.15, 0.2) is 17.6 Å². The summed E-state index contributed by atoms with van der Waals surface area (Å²) in [6, 6.07) is 14.2. The number of carbonyl (C=O) groups is 2. The van der Waals surface area contributed by atoms with Crippen LogP contribution in [0.15, 0.2) is 48.5 Å². The Balaban J connectivity index is 2.15. The Kier molecular flexibility index (Phi) is 7.87. The molecule has 0 aliphatic carbocycles. The highest BCUT2D eigenvalue weighted by atomic mass is 16.5. The first kappa shape index (κ1) is 21.3. The van der Waals surface area contributed by atoms with E-state index >= 15 is 0 Å². The third-order valence-electron chi connectivity index (χ3n) is 4.42. The fraction of sp³-hybridized carbons (Fsp3) is 0.364. The number of amides is 2. The summed E-state index contributed by atoms with van der Waals surface area (Å²) in [6.07, 6.45) is 0.567. The Bertz CT molecular complexity index is 807. The molecular formula is C22H28N2O4. The second kappa shape index (κ2) is 10.3. The number of ether oxygens (including phenoxy) is 2. The Hall–Kier alpha value is -3.02. The monoisotopic (exact) mass is 384 g/mol. The van der Waals surface area contributed by atoms with Crippen molar-refractivity contribution in [3.63, 3.8) is 0 Å². The van der Waals surface area contributed by atoms with Crippen molar-refractivity contribution >= 4 is 17.5 Å². The van der Waals surface area contributed by atoms with E-state index in [0.717, 1.165) is 6.42 Å². The van der Waals surface area contributed by atoms with Gasteiger partial charge in [-0.15, -0.1) is 0 Å². The quantitative estimate of drug-likeness (QED) is 0.685. The van der Waals surface area contributed by atoms with Gasteiger partial charge in [-0.05, 0) is 44.0 Å². The average molecular weight is 384 g/mol. The number of rotatable bonds is 9. The van der Waals surface area contributed by atoms with Gasteiger partial charge in [-0.25, -0.2) is 0 Å². The van der Waals surface area contributed by atoms with E-state index < -0.39 is 6.10 Å². The summed E-state index contributed by atoms with van der Waals surface area (Å²) in [6.45, 7) is 5.80. The van der Waals surface area contributed by atoms with Crippen molar-refractivity contribution in [1.82, 2.24) is 5.32 Å². The number of hydrogen-bond acceptors (Lipinski definition) is 4. The van der Waals surface area contributed by atoms with Gasteiger partial charge in [-0.3, -0.25) is 9.59 Å². The first-order chi connectivity index (χ1) is 13.5. The largest absolute Gasteiger partial charge is 0.493 e. The van der Waals surface area contributed by atoms with Gasteiger partial charge in [0.25, 0.3) is 11.8 Å². The molecule has 0 aromatic heterocycles. The summed E-state index contributed by atoms with van der Waals surface area (Å²) in [5.41, 5.74) is 0.874. The molecule has 2 aromatic carbocycles. The minimum Gasteiger partial charge on any atom is -0.493 e. The summed E-state index contributed by atoms with van der Waals surface area (Å²) in [5, 5.41) is 5.75. The smallest absolute Gasteiger partial charge is 0.265 e. The zero-order valence-electron chi connectivity index (χ0n) is 16.8. The molecular weight excluding hydrogens is 356 g/mol. The van der Waals surface area contributed by atoms with Crippen molar-refractivity contribution in [3.05, 3.63) is 54.1 Å². The van der Waals surface area contributed by atoms with Crippen molar-refractivity contribution < 1.29 is 19.1 Å². The molecule has 2 amide bonds. The van der Waals surface area contributed by atoms with Crippen LogP contribution in [-0.4, -0.2) is 31.1 Å². The fourth-order valence-electron chi connectivity index (χ4n) is 2.60. The van der Waals surface area contributed by atoms with E-state index in [2.05, 4.69) is 10.6 Å². The SMILES string of the molecule is CC[C@@H](C)NC(=O)c1ccccc1NC(=O)[C@H](CC)Oc1ccccc1OC. The van der Waals surface area contributed by atoms with Gasteiger partial charge in [0.2, 0.25) is 0 Å². The van der Waals surface area contributed by atoms with Gasteiger partial charge in [0, 0.05) is 6.04 Å². The Morgan fingerprint density at radius 3 is 2.25 bits per heavy atom. The van der Waals surface area contributed by atoms with Crippen LogP contribution in [0.2, 0.25) is 0 Å².